The number of carbonyl (C=O) groups excluding carboxylic acids is 1. The molecule has 6 heteroatoms. The number of ether oxygens (including phenoxy) is 2. The fourth-order valence-electron chi connectivity index (χ4n) is 4.07. The van der Waals surface area contributed by atoms with Crippen LogP contribution < -0.4 is 4.74 Å². The van der Waals surface area contributed by atoms with E-state index in [-0.39, 0.29) is 11.9 Å². The lowest BCUT2D eigenvalue weighted by Gasteiger charge is -2.26. The van der Waals surface area contributed by atoms with Gasteiger partial charge in [-0.3, -0.25) is 9.89 Å². The fourth-order valence-corrected chi connectivity index (χ4v) is 4.07. The minimum absolute atomic E-state index is 0.0494. The number of amides is 1. The number of rotatable bonds is 10. The van der Waals surface area contributed by atoms with E-state index >= 15 is 0 Å². The standard InChI is InChI=1S/C25H29N3O3/c1-3-4-8-16-31-20-13-11-19(12-14-20)24-21-22(18-9-6-5-7-10-18)26-27-23(21)25(29)28(24)15-17-30-2/h5-7,9-14,24H,3-4,8,15-17H2,1-2H3,(H,26,27). The quantitative estimate of drug-likeness (QED) is 0.478. The molecular formula is C25H29N3O3. The molecule has 1 aliphatic heterocycles. The number of H-pyrrole nitrogens is 1. The zero-order chi connectivity index (χ0) is 21.6. The lowest BCUT2D eigenvalue weighted by Crippen LogP contribution is -2.32. The van der Waals surface area contributed by atoms with Crippen LogP contribution in [0.2, 0.25) is 0 Å². The molecule has 0 radical (unpaired) electrons. The van der Waals surface area contributed by atoms with Crippen LogP contribution in [0.4, 0.5) is 0 Å². The van der Waals surface area contributed by atoms with Gasteiger partial charge in [0.1, 0.15) is 11.4 Å². The lowest BCUT2D eigenvalue weighted by atomic mass is 9.96. The Hall–Kier alpha value is -3.12. The Labute approximate surface area is 183 Å². The van der Waals surface area contributed by atoms with Gasteiger partial charge < -0.3 is 14.4 Å². The van der Waals surface area contributed by atoms with Crippen molar-refractivity contribution in [1.82, 2.24) is 15.1 Å². The van der Waals surface area contributed by atoms with Gasteiger partial charge in [-0.25, -0.2) is 0 Å². The average molecular weight is 420 g/mol. The van der Waals surface area contributed by atoms with Crippen molar-refractivity contribution in [3.8, 4) is 17.0 Å². The molecule has 31 heavy (non-hydrogen) atoms. The van der Waals surface area contributed by atoms with Gasteiger partial charge in [0.25, 0.3) is 5.91 Å². The molecule has 2 heterocycles. The van der Waals surface area contributed by atoms with Crippen LogP contribution in [0.5, 0.6) is 5.75 Å². The molecule has 3 aromatic rings. The summed E-state index contributed by atoms with van der Waals surface area (Å²) in [6, 6.07) is 17.8. The van der Waals surface area contributed by atoms with Crippen molar-refractivity contribution in [1.29, 1.82) is 0 Å². The number of unbranched alkanes of at least 4 members (excludes halogenated alkanes) is 2. The van der Waals surface area contributed by atoms with Gasteiger partial charge in [0, 0.05) is 24.8 Å². The highest BCUT2D eigenvalue weighted by Gasteiger charge is 2.41. The summed E-state index contributed by atoms with van der Waals surface area (Å²) in [5, 5.41) is 7.48. The van der Waals surface area contributed by atoms with E-state index in [0.717, 1.165) is 41.2 Å². The number of nitrogens with zero attached hydrogens (tertiary/aromatic N) is 2. The monoisotopic (exact) mass is 419 g/mol. The summed E-state index contributed by atoms with van der Waals surface area (Å²) in [5.41, 5.74) is 4.31. The Bertz CT molecular complexity index is 999. The maximum Gasteiger partial charge on any atom is 0.273 e. The van der Waals surface area contributed by atoms with Crippen molar-refractivity contribution < 1.29 is 14.3 Å². The number of hydrogen-bond donors (Lipinski definition) is 1. The molecule has 0 saturated heterocycles. The summed E-state index contributed by atoms with van der Waals surface area (Å²) in [7, 11) is 1.65. The third-order valence-corrected chi connectivity index (χ3v) is 5.66. The summed E-state index contributed by atoms with van der Waals surface area (Å²) in [5.74, 6) is 0.801. The molecule has 1 amide bonds. The summed E-state index contributed by atoms with van der Waals surface area (Å²) < 4.78 is 11.1. The van der Waals surface area contributed by atoms with Crippen LogP contribution in [0.1, 0.15) is 53.8 Å². The van der Waals surface area contributed by atoms with Gasteiger partial charge in [0.05, 0.1) is 24.9 Å². The van der Waals surface area contributed by atoms with E-state index in [9.17, 15) is 4.79 Å². The topological polar surface area (TPSA) is 67.5 Å². The van der Waals surface area contributed by atoms with Gasteiger partial charge in [-0.2, -0.15) is 5.10 Å². The van der Waals surface area contributed by atoms with Crippen LogP contribution in [0.15, 0.2) is 54.6 Å². The normalized spacial score (nSPS) is 15.4. The third kappa shape index (κ3) is 4.35. The summed E-state index contributed by atoms with van der Waals surface area (Å²) in [4.78, 5) is 15.0. The first-order valence-electron chi connectivity index (χ1n) is 10.9. The molecule has 1 N–H and O–H groups in total. The Morgan fingerprint density at radius 2 is 1.81 bits per heavy atom. The Morgan fingerprint density at radius 3 is 2.52 bits per heavy atom. The van der Waals surface area contributed by atoms with E-state index < -0.39 is 0 Å². The van der Waals surface area contributed by atoms with Crippen LogP contribution in [-0.4, -0.2) is 47.9 Å². The number of fused-ring (bicyclic) bond motifs is 1. The average Bonchev–Trinajstić information content (AvgIpc) is 3.35. The predicted octanol–water partition coefficient (Wildman–Crippen LogP) is 4.84. The second kappa shape index (κ2) is 9.79. The first-order valence-corrected chi connectivity index (χ1v) is 10.9. The second-order valence-corrected chi connectivity index (χ2v) is 7.75. The van der Waals surface area contributed by atoms with Gasteiger partial charge in [-0.15, -0.1) is 0 Å². The number of hydrogen-bond acceptors (Lipinski definition) is 4. The molecule has 4 rings (SSSR count). The van der Waals surface area contributed by atoms with Crippen molar-refractivity contribution in [3.63, 3.8) is 0 Å². The number of aromatic nitrogens is 2. The molecule has 0 aliphatic carbocycles. The number of aromatic amines is 1. The highest BCUT2D eigenvalue weighted by atomic mass is 16.5. The predicted molar refractivity (Wildman–Crippen MR) is 120 cm³/mol. The lowest BCUT2D eigenvalue weighted by molar-refractivity contribution is 0.0677. The minimum Gasteiger partial charge on any atom is -0.494 e. The molecule has 162 valence electrons. The van der Waals surface area contributed by atoms with Crippen LogP contribution in [0, 0.1) is 0 Å². The molecule has 1 unspecified atom stereocenters. The summed E-state index contributed by atoms with van der Waals surface area (Å²) in [6.45, 7) is 3.88. The zero-order valence-electron chi connectivity index (χ0n) is 18.1. The van der Waals surface area contributed by atoms with Crippen molar-refractivity contribution in [2.24, 2.45) is 0 Å². The van der Waals surface area contributed by atoms with Crippen LogP contribution in [-0.2, 0) is 4.74 Å². The van der Waals surface area contributed by atoms with E-state index in [1.807, 2.05) is 59.5 Å². The first-order chi connectivity index (χ1) is 15.2. The Kier molecular flexibility index (Phi) is 6.67. The van der Waals surface area contributed by atoms with Crippen LogP contribution >= 0.6 is 0 Å². The SMILES string of the molecule is CCCCCOc1ccc(C2c3c(-c4ccccc4)n[nH]c3C(=O)N2CCOC)cc1. The largest absolute Gasteiger partial charge is 0.494 e. The van der Waals surface area contributed by atoms with E-state index in [1.165, 1.54) is 12.8 Å². The molecule has 0 bridgehead atoms. The summed E-state index contributed by atoms with van der Waals surface area (Å²) >= 11 is 0. The second-order valence-electron chi connectivity index (χ2n) is 7.75. The number of carbonyl (C=O) groups is 1. The van der Waals surface area contributed by atoms with Gasteiger partial charge in [0.15, 0.2) is 0 Å². The van der Waals surface area contributed by atoms with Gasteiger partial charge in [0.2, 0.25) is 0 Å². The van der Waals surface area contributed by atoms with Crippen LogP contribution in [0.3, 0.4) is 0 Å². The zero-order valence-corrected chi connectivity index (χ0v) is 18.1. The van der Waals surface area contributed by atoms with Crippen molar-refractivity contribution in [2.45, 2.75) is 32.2 Å². The number of nitrogens with one attached hydrogen (secondary N) is 1. The molecule has 6 nitrogen and oxygen atoms in total. The number of benzene rings is 2. The summed E-state index contributed by atoms with van der Waals surface area (Å²) in [6.07, 6.45) is 3.40. The maximum absolute atomic E-state index is 13.2. The smallest absolute Gasteiger partial charge is 0.273 e. The maximum atomic E-state index is 13.2. The molecule has 0 fully saturated rings. The molecule has 1 aromatic heterocycles. The van der Waals surface area contributed by atoms with Crippen molar-refractivity contribution in [2.75, 3.05) is 26.9 Å². The van der Waals surface area contributed by atoms with E-state index in [4.69, 9.17) is 9.47 Å². The van der Waals surface area contributed by atoms with Crippen LogP contribution in [0.25, 0.3) is 11.3 Å². The van der Waals surface area contributed by atoms with Gasteiger partial charge in [-0.05, 0) is 24.1 Å². The van der Waals surface area contributed by atoms with E-state index in [0.29, 0.717) is 18.8 Å². The van der Waals surface area contributed by atoms with Gasteiger partial charge >= 0.3 is 0 Å². The highest BCUT2D eigenvalue weighted by molar-refractivity contribution is 6.00. The Balaban J connectivity index is 1.66. The first kappa shape index (κ1) is 21.1. The molecule has 0 saturated carbocycles. The fraction of sp³-hybridized carbons (Fsp3) is 0.360. The third-order valence-electron chi connectivity index (χ3n) is 5.66. The molecule has 0 spiro atoms. The molecule has 1 atom stereocenters. The van der Waals surface area contributed by atoms with E-state index in [2.05, 4.69) is 17.1 Å². The van der Waals surface area contributed by atoms with Crippen molar-refractivity contribution >= 4 is 5.91 Å². The minimum atomic E-state index is -0.222. The molecule has 1 aliphatic rings. The van der Waals surface area contributed by atoms with E-state index in [1.54, 1.807) is 7.11 Å². The molecule has 2 aromatic carbocycles. The highest BCUT2D eigenvalue weighted by Crippen LogP contribution is 2.42. The van der Waals surface area contributed by atoms with Crippen molar-refractivity contribution in [3.05, 3.63) is 71.4 Å². The number of methoxy groups -OCH3 is 1. The molecular weight excluding hydrogens is 390 g/mol. The van der Waals surface area contributed by atoms with Gasteiger partial charge in [-0.1, -0.05) is 62.2 Å². The Morgan fingerprint density at radius 1 is 1.03 bits per heavy atom.